The SMILES string of the molecule is COc1cccc(CC2(C(=O)N3CC[C@@H](O)C3)CN(c3cc(C)nc(N)n3)C2)c1. The molecule has 2 saturated heterocycles. The Morgan fingerprint density at radius 3 is 2.79 bits per heavy atom. The van der Waals surface area contributed by atoms with Crippen LogP contribution in [-0.4, -0.2) is 65.3 Å². The molecule has 2 aliphatic rings. The number of amides is 1. The van der Waals surface area contributed by atoms with Gasteiger partial charge in [-0.15, -0.1) is 0 Å². The summed E-state index contributed by atoms with van der Waals surface area (Å²) in [6.07, 6.45) is 0.797. The number of nitrogen functional groups attached to an aromatic ring is 1. The fourth-order valence-electron chi connectivity index (χ4n) is 4.34. The third-order valence-corrected chi connectivity index (χ3v) is 5.75. The molecule has 0 bridgehead atoms. The number of ether oxygens (including phenoxy) is 1. The van der Waals surface area contributed by atoms with Crippen LogP contribution < -0.4 is 15.4 Å². The minimum atomic E-state index is -0.565. The Balaban J connectivity index is 1.59. The number of aliphatic hydroxyl groups is 1. The van der Waals surface area contributed by atoms with Crippen LogP contribution in [0.2, 0.25) is 0 Å². The van der Waals surface area contributed by atoms with E-state index in [1.807, 2.05) is 37.3 Å². The number of benzene rings is 1. The van der Waals surface area contributed by atoms with Gasteiger partial charge < -0.3 is 25.4 Å². The van der Waals surface area contributed by atoms with E-state index >= 15 is 0 Å². The van der Waals surface area contributed by atoms with Gasteiger partial charge in [0.25, 0.3) is 0 Å². The Morgan fingerprint density at radius 2 is 2.14 bits per heavy atom. The van der Waals surface area contributed by atoms with Crippen LogP contribution >= 0.6 is 0 Å². The topological polar surface area (TPSA) is 105 Å². The second kappa shape index (κ2) is 7.51. The molecule has 0 unspecified atom stereocenters. The van der Waals surface area contributed by atoms with Gasteiger partial charge in [0.05, 0.1) is 18.6 Å². The molecule has 0 saturated carbocycles. The predicted molar refractivity (Wildman–Crippen MR) is 110 cm³/mol. The van der Waals surface area contributed by atoms with E-state index in [9.17, 15) is 9.90 Å². The number of carbonyl (C=O) groups excluding carboxylic acids is 1. The second-order valence-electron chi connectivity index (χ2n) is 8.08. The molecule has 4 rings (SSSR count). The van der Waals surface area contributed by atoms with E-state index in [1.54, 1.807) is 12.0 Å². The van der Waals surface area contributed by atoms with Gasteiger partial charge in [0.15, 0.2) is 0 Å². The van der Waals surface area contributed by atoms with Crippen molar-refractivity contribution in [1.29, 1.82) is 0 Å². The maximum absolute atomic E-state index is 13.5. The van der Waals surface area contributed by atoms with Crippen LogP contribution in [0.5, 0.6) is 5.75 Å². The van der Waals surface area contributed by atoms with Gasteiger partial charge in [0.1, 0.15) is 11.6 Å². The van der Waals surface area contributed by atoms with Crippen molar-refractivity contribution in [1.82, 2.24) is 14.9 Å². The van der Waals surface area contributed by atoms with Gasteiger partial charge in [-0.2, -0.15) is 4.98 Å². The predicted octanol–water partition coefficient (Wildman–Crippen LogP) is 1.02. The molecule has 3 heterocycles. The van der Waals surface area contributed by atoms with Crippen molar-refractivity contribution in [2.24, 2.45) is 5.41 Å². The van der Waals surface area contributed by atoms with Gasteiger partial charge in [-0.25, -0.2) is 4.98 Å². The molecule has 1 aromatic carbocycles. The summed E-state index contributed by atoms with van der Waals surface area (Å²) in [5.74, 6) is 1.84. The Hall–Kier alpha value is -2.87. The summed E-state index contributed by atoms with van der Waals surface area (Å²) in [6.45, 7) is 3.97. The number of β-amino-alcohol motifs (C(OH)–C–C–N with tert-alkyl or cyclic N) is 1. The van der Waals surface area contributed by atoms with Gasteiger partial charge in [-0.3, -0.25) is 4.79 Å². The van der Waals surface area contributed by atoms with Gasteiger partial charge in [0.2, 0.25) is 11.9 Å². The van der Waals surface area contributed by atoms with E-state index in [0.717, 1.165) is 22.8 Å². The van der Waals surface area contributed by atoms with E-state index in [2.05, 4.69) is 14.9 Å². The summed E-state index contributed by atoms with van der Waals surface area (Å²) >= 11 is 0. The summed E-state index contributed by atoms with van der Waals surface area (Å²) in [5.41, 5.74) is 7.09. The van der Waals surface area contributed by atoms with Crippen molar-refractivity contribution in [2.75, 3.05) is 43.9 Å². The van der Waals surface area contributed by atoms with E-state index in [4.69, 9.17) is 10.5 Å². The van der Waals surface area contributed by atoms with Gasteiger partial charge in [0, 0.05) is 37.9 Å². The number of aryl methyl sites for hydroxylation is 1. The fraction of sp³-hybridized carbons (Fsp3) is 0.476. The van der Waals surface area contributed by atoms with Crippen LogP contribution in [-0.2, 0) is 11.2 Å². The molecule has 2 aromatic rings. The van der Waals surface area contributed by atoms with Gasteiger partial charge >= 0.3 is 0 Å². The zero-order chi connectivity index (χ0) is 20.6. The largest absolute Gasteiger partial charge is 0.497 e. The fourth-order valence-corrected chi connectivity index (χ4v) is 4.34. The van der Waals surface area contributed by atoms with E-state index < -0.39 is 11.5 Å². The lowest BCUT2D eigenvalue weighted by atomic mass is 9.73. The monoisotopic (exact) mass is 397 g/mol. The first-order valence-corrected chi connectivity index (χ1v) is 9.85. The van der Waals surface area contributed by atoms with Crippen molar-refractivity contribution in [3.63, 3.8) is 0 Å². The average Bonchev–Trinajstić information content (AvgIpc) is 3.09. The molecular formula is C21H27N5O3. The van der Waals surface area contributed by atoms with Crippen LogP contribution in [0.25, 0.3) is 0 Å². The molecule has 1 atom stereocenters. The highest BCUT2D eigenvalue weighted by Crippen LogP contribution is 2.40. The highest BCUT2D eigenvalue weighted by Gasteiger charge is 2.52. The van der Waals surface area contributed by atoms with Crippen LogP contribution in [0.15, 0.2) is 30.3 Å². The Labute approximate surface area is 170 Å². The van der Waals surface area contributed by atoms with E-state index in [0.29, 0.717) is 39.0 Å². The van der Waals surface area contributed by atoms with Gasteiger partial charge in [-0.05, 0) is 37.5 Å². The smallest absolute Gasteiger partial charge is 0.232 e. The number of carbonyl (C=O) groups is 1. The number of nitrogens with zero attached hydrogens (tertiary/aromatic N) is 4. The molecule has 8 heteroatoms. The number of methoxy groups -OCH3 is 1. The van der Waals surface area contributed by atoms with Crippen molar-refractivity contribution in [2.45, 2.75) is 25.9 Å². The summed E-state index contributed by atoms with van der Waals surface area (Å²) in [6, 6.07) is 9.72. The van der Waals surface area contributed by atoms with Crippen molar-refractivity contribution < 1.29 is 14.6 Å². The van der Waals surface area contributed by atoms with Crippen LogP contribution in [0.3, 0.4) is 0 Å². The standard InChI is InChI=1S/C21H27N5O3/c1-14-8-18(24-20(22)23-14)26-12-21(13-26,19(28)25-7-6-16(27)11-25)10-15-4-3-5-17(9-15)29-2/h3-5,8-9,16,27H,6-7,10-13H2,1-2H3,(H2,22,23,24)/t16-/m1/s1. The average molecular weight is 397 g/mol. The molecule has 0 spiro atoms. The molecule has 0 radical (unpaired) electrons. The number of aliphatic hydroxyl groups excluding tert-OH is 1. The number of rotatable bonds is 5. The maximum Gasteiger partial charge on any atom is 0.232 e. The molecule has 0 aliphatic carbocycles. The lowest BCUT2D eigenvalue weighted by molar-refractivity contribution is -0.143. The molecule has 8 nitrogen and oxygen atoms in total. The normalized spacial score (nSPS) is 20.4. The minimum Gasteiger partial charge on any atom is -0.497 e. The lowest BCUT2D eigenvalue weighted by Gasteiger charge is -2.51. The quantitative estimate of drug-likeness (QED) is 0.776. The molecule has 1 aromatic heterocycles. The number of hydrogen-bond donors (Lipinski definition) is 2. The van der Waals surface area contributed by atoms with E-state index in [-0.39, 0.29) is 11.9 Å². The third kappa shape index (κ3) is 3.85. The first-order valence-electron chi connectivity index (χ1n) is 9.85. The number of likely N-dealkylation sites (tertiary alicyclic amines) is 1. The molecule has 3 N–H and O–H groups in total. The van der Waals surface area contributed by atoms with Gasteiger partial charge in [-0.1, -0.05) is 12.1 Å². The summed E-state index contributed by atoms with van der Waals surface area (Å²) < 4.78 is 5.34. The number of hydrogen-bond acceptors (Lipinski definition) is 7. The maximum atomic E-state index is 13.5. The summed E-state index contributed by atoms with van der Waals surface area (Å²) in [4.78, 5) is 25.8. The first kappa shape index (κ1) is 19.4. The molecular weight excluding hydrogens is 370 g/mol. The number of nitrogens with two attached hydrogens (primary N) is 1. The molecule has 29 heavy (non-hydrogen) atoms. The summed E-state index contributed by atoms with van der Waals surface area (Å²) in [5, 5.41) is 9.90. The highest BCUT2D eigenvalue weighted by molar-refractivity contribution is 5.87. The van der Waals surface area contributed by atoms with E-state index in [1.165, 1.54) is 0 Å². The molecule has 1 amide bonds. The third-order valence-electron chi connectivity index (χ3n) is 5.75. The van der Waals surface area contributed by atoms with Crippen molar-refractivity contribution in [3.8, 4) is 5.75 Å². The Morgan fingerprint density at radius 1 is 1.34 bits per heavy atom. The molecule has 2 fully saturated rings. The van der Waals surface area contributed by atoms with Crippen molar-refractivity contribution in [3.05, 3.63) is 41.6 Å². The van der Waals surface area contributed by atoms with Crippen LogP contribution in [0, 0.1) is 12.3 Å². The number of anilines is 2. The van der Waals surface area contributed by atoms with Crippen LogP contribution in [0.4, 0.5) is 11.8 Å². The lowest BCUT2D eigenvalue weighted by Crippen LogP contribution is -2.65. The summed E-state index contributed by atoms with van der Waals surface area (Å²) in [7, 11) is 1.64. The molecule has 154 valence electrons. The van der Waals surface area contributed by atoms with Crippen LogP contribution in [0.1, 0.15) is 17.7 Å². The Bertz CT molecular complexity index is 893. The molecule has 2 aliphatic heterocycles. The number of aromatic nitrogens is 2. The van der Waals surface area contributed by atoms with Crippen molar-refractivity contribution >= 4 is 17.7 Å². The highest BCUT2D eigenvalue weighted by atomic mass is 16.5. The first-order chi connectivity index (χ1) is 13.9. The zero-order valence-corrected chi connectivity index (χ0v) is 16.8. The second-order valence-corrected chi connectivity index (χ2v) is 8.08. The Kier molecular flexibility index (Phi) is 5.04. The minimum absolute atomic E-state index is 0.0897. The zero-order valence-electron chi connectivity index (χ0n) is 16.8.